The average molecular weight is 423 g/mol. The molecule has 1 N–H and O–H groups in total. The number of hydrogen-bond acceptors (Lipinski definition) is 3. The van der Waals surface area contributed by atoms with Gasteiger partial charge in [-0.1, -0.05) is 59.1 Å². The minimum atomic E-state index is 0.367. The predicted molar refractivity (Wildman–Crippen MR) is 113 cm³/mol. The van der Waals surface area contributed by atoms with Gasteiger partial charge in [-0.3, -0.25) is 0 Å². The molecule has 27 heavy (non-hydrogen) atoms. The molecule has 6 heteroatoms. The Labute approximate surface area is 173 Å². The van der Waals surface area contributed by atoms with E-state index in [0.29, 0.717) is 39.7 Å². The van der Waals surface area contributed by atoms with Gasteiger partial charge in [0.2, 0.25) is 0 Å². The molecule has 140 valence electrons. The topological polar surface area (TPSA) is 30.5 Å². The second-order valence-electron chi connectivity index (χ2n) is 5.84. The Balaban J connectivity index is 1.68. The van der Waals surface area contributed by atoms with Crippen molar-refractivity contribution in [2.45, 2.75) is 13.2 Å². The third-order valence-corrected chi connectivity index (χ3v) is 4.91. The van der Waals surface area contributed by atoms with E-state index in [1.54, 1.807) is 25.3 Å². The van der Waals surface area contributed by atoms with Crippen molar-refractivity contribution >= 4 is 40.5 Å². The van der Waals surface area contributed by atoms with Gasteiger partial charge in [0.1, 0.15) is 6.61 Å². The maximum atomic E-state index is 6.18. The van der Waals surface area contributed by atoms with Gasteiger partial charge < -0.3 is 14.8 Å². The Morgan fingerprint density at radius 1 is 0.852 bits per heavy atom. The highest BCUT2D eigenvalue weighted by atomic mass is 35.5. The van der Waals surface area contributed by atoms with Crippen LogP contribution in [0.4, 0.5) is 5.69 Å². The molecule has 0 bridgehead atoms. The normalized spacial score (nSPS) is 10.5. The summed E-state index contributed by atoms with van der Waals surface area (Å²) in [6.45, 7) is 0.937. The van der Waals surface area contributed by atoms with Crippen LogP contribution in [0, 0.1) is 0 Å². The zero-order valence-corrected chi connectivity index (χ0v) is 16.9. The van der Waals surface area contributed by atoms with Crippen LogP contribution in [0.15, 0.2) is 60.7 Å². The van der Waals surface area contributed by atoms with Crippen molar-refractivity contribution in [2.75, 3.05) is 12.4 Å². The Kier molecular flexibility index (Phi) is 6.73. The molecule has 0 radical (unpaired) electrons. The highest BCUT2D eigenvalue weighted by molar-refractivity contribution is 6.35. The van der Waals surface area contributed by atoms with E-state index >= 15 is 0 Å². The average Bonchev–Trinajstić information content (AvgIpc) is 2.68. The van der Waals surface area contributed by atoms with E-state index in [0.717, 1.165) is 16.8 Å². The van der Waals surface area contributed by atoms with E-state index in [9.17, 15) is 0 Å². The van der Waals surface area contributed by atoms with Crippen LogP contribution in [0.3, 0.4) is 0 Å². The SMILES string of the molecule is COc1cc(CNc2cc(Cl)ccc2Cl)ccc1OCc1ccccc1Cl. The third kappa shape index (κ3) is 5.23. The molecule has 0 aliphatic rings. The van der Waals surface area contributed by atoms with Crippen LogP contribution in [0.2, 0.25) is 15.1 Å². The van der Waals surface area contributed by atoms with Crippen molar-refractivity contribution in [3.63, 3.8) is 0 Å². The standard InChI is InChI=1S/C21H18Cl3NO2/c1-26-21-10-14(12-25-19-11-16(22)7-8-18(19)24)6-9-20(21)27-13-15-4-2-3-5-17(15)23/h2-11,25H,12-13H2,1H3. The molecule has 3 aromatic rings. The molecular weight excluding hydrogens is 405 g/mol. The van der Waals surface area contributed by atoms with Crippen LogP contribution >= 0.6 is 34.8 Å². The van der Waals surface area contributed by atoms with Gasteiger partial charge in [0.05, 0.1) is 17.8 Å². The van der Waals surface area contributed by atoms with Crippen molar-refractivity contribution in [3.05, 3.63) is 86.9 Å². The first kappa shape index (κ1) is 19.7. The first-order chi connectivity index (χ1) is 13.1. The van der Waals surface area contributed by atoms with E-state index in [1.807, 2.05) is 42.5 Å². The van der Waals surface area contributed by atoms with Gasteiger partial charge in [0.15, 0.2) is 11.5 Å². The fourth-order valence-corrected chi connectivity index (χ4v) is 3.09. The maximum Gasteiger partial charge on any atom is 0.161 e. The second-order valence-corrected chi connectivity index (χ2v) is 7.09. The number of nitrogens with one attached hydrogen (secondary N) is 1. The molecule has 0 aliphatic heterocycles. The maximum absolute atomic E-state index is 6.18. The molecule has 0 atom stereocenters. The van der Waals surface area contributed by atoms with Crippen LogP contribution in [-0.4, -0.2) is 7.11 Å². The van der Waals surface area contributed by atoms with Crippen LogP contribution in [-0.2, 0) is 13.2 Å². The summed E-state index contributed by atoms with van der Waals surface area (Å²) in [6, 6.07) is 18.7. The van der Waals surface area contributed by atoms with E-state index < -0.39 is 0 Å². The Morgan fingerprint density at radius 3 is 2.44 bits per heavy atom. The van der Waals surface area contributed by atoms with Gasteiger partial charge in [-0.05, 0) is 42.0 Å². The fraction of sp³-hybridized carbons (Fsp3) is 0.143. The number of ether oxygens (including phenoxy) is 2. The zero-order chi connectivity index (χ0) is 19.2. The summed E-state index contributed by atoms with van der Waals surface area (Å²) in [5.74, 6) is 1.31. The molecular formula is C21H18Cl3NO2. The number of hydrogen-bond donors (Lipinski definition) is 1. The molecule has 0 saturated carbocycles. The highest BCUT2D eigenvalue weighted by Crippen LogP contribution is 2.31. The summed E-state index contributed by atoms with van der Waals surface area (Å²) < 4.78 is 11.3. The summed E-state index contributed by atoms with van der Waals surface area (Å²) in [6.07, 6.45) is 0. The van der Waals surface area contributed by atoms with Gasteiger partial charge in [-0.2, -0.15) is 0 Å². The van der Waals surface area contributed by atoms with Gasteiger partial charge in [-0.25, -0.2) is 0 Å². The summed E-state index contributed by atoms with van der Waals surface area (Å²) in [7, 11) is 1.61. The minimum absolute atomic E-state index is 0.367. The van der Waals surface area contributed by atoms with E-state index in [1.165, 1.54) is 0 Å². The number of halogens is 3. The van der Waals surface area contributed by atoms with Crippen molar-refractivity contribution < 1.29 is 9.47 Å². The fourth-order valence-electron chi connectivity index (χ4n) is 2.54. The van der Waals surface area contributed by atoms with E-state index in [4.69, 9.17) is 44.3 Å². The Hall–Kier alpha value is -2.07. The monoisotopic (exact) mass is 421 g/mol. The minimum Gasteiger partial charge on any atom is -0.493 e. The van der Waals surface area contributed by atoms with Crippen molar-refractivity contribution in [1.29, 1.82) is 0 Å². The number of anilines is 1. The summed E-state index contributed by atoms with van der Waals surface area (Å²) >= 11 is 18.4. The largest absolute Gasteiger partial charge is 0.493 e. The van der Waals surface area contributed by atoms with Crippen molar-refractivity contribution in [2.24, 2.45) is 0 Å². The highest BCUT2D eigenvalue weighted by Gasteiger charge is 2.08. The molecule has 0 spiro atoms. The lowest BCUT2D eigenvalue weighted by Crippen LogP contribution is -2.02. The van der Waals surface area contributed by atoms with Gasteiger partial charge in [0.25, 0.3) is 0 Å². The molecule has 3 aromatic carbocycles. The van der Waals surface area contributed by atoms with Gasteiger partial charge in [-0.15, -0.1) is 0 Å². The van der Waals surface area contributed by atoms with Gasteiger partial charge >= 0.3 is 0 Å². The zero-order valence-electron chi connectivity index (χ0n) is 14.6. The molecule has 3 nitrogen and oxygen atoms in total. The first-order valence-corrected chi connectivity index (χ1v) is 9.42. The quantitative estimate of drug-likeness (QED) is 0.452. The molecule has 3 rings (SSSR count). The van der Waals surface area contributed by atoms with Crippen molar-refractivity contribution in [3.8, 4) is 11.5 Å². The van der Waals surface area contributed by atoms with Crippen LogP contribution in [0.5, 0.6) is 11.5 Å². The molecule has 0 unspecified atom stereocenters. The lowest BCUT2D eigenvalue weighted by Gasteiger charge is -2.14. The van der Waals surface area contributed by atoms with Gasteiger partial charge in [0, 0.05) is 22.2 Å². The summed E-state index contributed by atoms with van der Waals surface area (Å²) in [4.78, 5) is 0. The molecule has 0 saturated heterocycles. The number of methoxy groups -OCH3 is 1. The number of rotatable bonds is 7. The molecule has 0 amide bonds. The van der Waals surface area contributed by atoms with E-state index in [-0.39, 0.29) is 0 Å². The van der Waals surface area contributed by atoms with Crippen LogP contribution < -0.4 is 14.8 Å². The Bertz CT molecular complexity index is 931. The van der Waals surface area contributed by atoms with E-state index in [2.05, 4.69) is 5.32 Å². The molecule has 0 aromatic heterocycles. The lowest BCUT2D eigenvalue weighted by molar-refractivity contribution is 0.284. The molecule has 0 aliphatic carbocycles. The smallest absolute Gasteiger partial charge is 0.161 e. The predicted octanol–water partition coefficient (Wildman–Crippen LogP) is 6.85. The van der Waals surface area contributed by atoms with Crippen molar-refractivity contribution in [1.82, 2.24) is 0 Å². The first-order valence-electron chi connectivity index (χ1n) is 8.29. The summed E-state index contributed by atoms with van der Waals surface area (Å²) in [5.41, 5.74) is 2.72. The lowest BCUT2D eigenvalue weighted by atomic mass is 10.2. The Morgan fingerprint density at radius 2 is 1.67 bits per heavy atom. The number of benzene rings is 3. The summed E-state index contributed by atoms with van der Waals surface area (Å²) in [5, 5.41) is 5.20. The molecule has 0 heterocycles. The molecule has 0 fully saturated rings. The van der Waals surface area contributed by atoms with Crippen LogP contribution in [0.1, 0.15) is 11.1 Å². The second kappa shape index (κ2) is 9.23. The third-order valence-electron chi connectivity index (χ3n) is 3.98. The van der Waals surface area contributed by atoms with Crippen LogP contribution in [0.25, 0.3) is 0 Å².